The van der Waals surface area contributed by atoms with Crippen molar-refractivity contribution in [3.05, 3.63) is 23.7 Å². The zero-order chi connectivity index (χ0) is 14.0. The van der Waals surface area contributed by atoms with Crippen molar-refractivity contribution in [3.8, 4) is 0 Å². The van der Waals surface area contributed by atoms with Gasteiger partial charge in [0.1, 0.15) is 0 Å². The van der Waals surface area contributed by atoms with Crippen LogP contribution in [0, 0.1) is 18.8 Å². The highest BCUT2D eigenvalue weighted by Gasteiger charge is 2.34. The van der Waals surface area contributed by atoms with Crippen molar-refractivity contribution < 1.29 is 18.7 Å². The molecule has 1 amide bonds. The quantitative estimate of drug-likeness (QED) is 0.766. The number of amides is 1. The number of carbonyl (C=O) groups excluding carboxylic acids is 2. The molecule has 0 aromatic carbocycles. The Labute approximate surface area is 112 Å². The average Bonchev–Trinajstić information content (AvgIpc) is 2.83. The van der Waals surface area contributed by atoms with E-state index in [2.05, 4.69) is 0 Å². The van der Waals surface area contributed by atoms with Crippen molar-refractivity contribution in [3.63, 3.8) is 0 Å². The molecule has 5 nitrogen and oxygen atoms in total. The predicted octanol–water partition coefficient (Wildman–Crippen LogP) is 1.86. The summed E-state index contributed by atoms with van der Waals surface area (Å²) < 4.78 is 10.0. The molecule has 1 saturated heterocycles. The Morgan fingerprint density at radius 3 is 2.74 bits per heavy atom. The highest BCUT2D eigenvalue weighted by Crippen LogP contribution is 2.26. The molecule has 1 aliphatic rings. The number of likely N-dealkylation sites (tertiary alicyclic amines) is 1. The van der Waals surface area contributed by atoms with Crippen LogP contribution in [0.3, 0.4) is 0 Å². The SMILES string of the molecule is COC(=O)[C@H]1CCN(C(=O)c2occc2C)C[C@@H]1C. The largest absolute Gasteiger partial charge is 0.469 e. The third-order valence-electron chi connectivity index (χ3n) is 3.75. The van der Waals surface area contributed by atoms with E-state index in [1.165, 1.54) is 13.4 Å². The zero-order valence-corrected chi connectivity index (χ0v) is 11.5. The van der Waals surface area contributed by atoms with Crippen LogP contribution in [0.4, 0.5) is 0 Å². The van der Waals surface area contributed by atoms with E-state index >= 15 is 0 Å². The highest BCUT2D eigenvalue weighted by atomic mass is 16.5. The first-order valence-corrected chi connectivity index (χ1v) is 6.45. The Hall–Kier alpha value is -1.78. The minimum Gasteiger partial charge on any atom is -0.469 e. The molecule has 2 rings (SSSR count). The number of nitrogens with zero attached hydrogens (tertiary/aromatic N) is 1. The first kappa shape index (κ1) is 13.6. The average molecular weight is 265 g/mol. The number of methoxy groups -OCH3 is 1. The van der Waals surface area contributed by atoms with Crippen molar-refractivity contribution in [1.29, 1.82) is 0 Å². The normalized spacial score (nSPS) is 23.2. The second-order valence-electron chi connectivity index (χ2n) is 5.08. The van der Waals surface area contributed by atoms with Gasteiger partial charge in [0.25, 0.3) is 5.91 Å². The number of hydrogen-bond donors (Lipinski definition) is 0. The van der Waals surface area contributed by atoms with Gasteiger partial charge in [-0.05, 0) is 25.3 Å². The van der Waals surface area contributed by atoms with Crippen LogP contribution in [-0.2, 0) is 9.53 Å². The van der Waals surface area contributed by atoms with E-state index in [1.54, 1.807) is 11.0 Å². The first-order valence-electron chi connectivity index (χ1n) is 6.45. The summed E-state index contributed by atoms with van der Waals surface area (Å²) in [5.74, 6) is 0.0855. The Bertz CT molecular complexity index is 480. The summed E-state index contributed by atoms with van der Waals surface area (Å²) in [5, 5.41) is 0. The molecule has 5 heteroatoms. The number of ether oxygens (including phenoxy) is 1. The molecule has 1 aliphatic heterocycles. The van der Waals surface area contributed by atoms with Gasteiger partial charge in [-0.3, -0.25) is 9.59 Å². The van der Waals surface area contributed by atoms with Crippen LogP contribution < -0.4 is 0 Å². The lowest BCUT2D eigenvalue weighted by Gasteiger charge is -2.35. The molecule has 2 heterocycles. The van der Waals surface area contributed by atoms with Crippen molar-refractivity contribution in [2.24, 2.45) is 11.8 Å². The van der Waals surface area contributed by atoms with Crippen LogP contribution in [-0.4, -0.2) is 37.0 Å². The summed E-state index contributed by atoms with van der Waals surface area (Å²) in [6.07, 6.45) is 2.16. The number of aryl methyl sites for hydroxylation is 1. The summed E-state index contributed by atoms with van der Waals surface area (Å²) in [6.45, 7) is 4.93. The summed E-state index contributed by atoms with van der Waals surface area (Å²) in [4.78, 5) is 25.6. The standard InChI is InChI=1S/C14H19NO4/c1-9-5-7-19-12(9)13(16)15-6-4-11(10(2)8-15)14(17)18-3/h5,7,10-11H,4,6,8H2,1-3H3/t10-,11-/m0/s1. The molecule has 1 fully saturated rings. The van der Waals surface area contributed by atoms with Gasteiger partial charge in [-0.1, -0.05) is 6.92 Å². The van der Waals surface area contributed by atoms with Gasteiger partial charge in [0.15, 0.2) is 5.76 Å². The topological polar surface area (TPSA) is 59.8 Å². The first-order chi connectivity index (χ1) is 9.04. The van der Waals surface area contributed by atoms with Crippen LogP contribution in [0.15, 0.2) is 16.7 Å². The molecule has 0 unspecified atom stereocenters. The number of esters is 1. The Morgan fingerprint density at radius 2 is 2.21 bits per heavy atom. The van der Waals surface area contributed by atoms with E-state index in [0.717, 1.165) is 5.56 Å². The molecule has 0 aliphatic carbocycles. The minimum atomic E-state index is -0.186. The molecule has 0 radical (unpaired) electrons. The van der Waals surface area contributed by atoms with Gasteiger partial charge in [0.2, 0.25) is 0 Å². The zero-order valence-electron chi connectivity index (χ0n) is 11.5. The highest BCUT2D eigenvalue weighted by molar-refractivity contribution is 5.93. The fourth-order valence-corrected chi connectivity index (χ4v) is 2.57. The summed E-state index contributed by atoms with van der Waals surface area (Å²) in [6, 6.07) is 1.78. The Morgan fingerprint density at radius 1 is 1.47 bits per heavy atom. The fraction of sp³-hybridized carbons (Fsp3) is 0.571. The van der Waals surface area contributed by atoms with Crippen molar-refractivity contribution in [2.75, 3.05) is 20.2 Å². The summed E-state index contributed by atoms with van der Waals surface area (Å²) >= 11 is 0. The van der Waals surface area contributed by atoms with Gasteiger partial charge in [-0.15, -0.1) is 0 Å². The van der Waals surface area contributed by atoms with Gasteiger partial charge in [-0.25, -0.2) is 0 Å². The fourth-order valence-electron chi connectivity index (χ4n) is 2.57. The third-order valence-corrected chi connectivity index (χ3v) is 3.75. The molecule has 19 heavy (non-hydrogen) atoms. The maximum Gasteiger partial charge on any atom is 0.309 e. The van der Waals surface area contributed by atoms with Gasteiger partial charge >= 0.3 is 5.97 Å². The van der Waals surface area contributed by atoms with Crippen LogP contribution in [0.5, 0.6) is 0 Å². The van der Waals surface area contributed by atoms with E-state index in [4.69, 9.17) is 9.15 Å². The smallest absolute Gasteiger partial charge is 0.309 e. The van der Waals surface area contributed by atoms with Gasteiger partial charge in [-0.2, -0.15) is 0 Å². The van der Waals surface area contributed by atoms with E-state index in [-0.39, 0.29) is 23.7 Å². The molecular weight excluding hydrogens is 246 g/mol. The van der Waals surface area contributed by atoms with E-state index < -0.39 is 0 Å². The molecule has 1 aromatic rings. The number of piperidine rings is 1. The van der Waals surface area contributed by atoms with Crippen molar-refractivity contribution >= 4 is 11.9 Å². The lowest BCUT2D eigenvalue weighted by Crippen LogP contribution is -2.45. The Kier molecular flexibility index (Phi) is 3.93. The minimum absolute atomic E-state index is 0.0976. The molecule has 0 saturated carbocycles. The monoisotopic (exact) mass is 265 g/mol. The van der Waals surface area contributed by atoms with Crippen molar-refractivity contribution in [1.82, 2.24) is 4.90 Å². The molecule has 1 aromatic heterocycles. The number of carbonyl (C=O) groups is 2. The Balaban J connectivity index is 2.04. The lowest BCUT2D eigenvalue weighted by atomic mass is 9.87. The molecule has 0 spiro atoms. The van der Waals surface area contributed by atoms with Crippen molar-refractivity contribution in [2.45, 2.75) is 20.3 Å². The molecule has 0 N–H and O–H groups in total. The predicted molar refractivity (Wildman–Crippen MR) is 68.6 cm³/mol. The third kappa shape index (κ3) is 2.64. The molecule has 2 atom stereocenters. The maximum atomic E-state index is 12.3. The van der Waals surface area contributed by atoms with Crippen LogP contribution >= 0.6 is 0 Å². The summed E-state index contributed by atoms with van der Waals surface area (Å²) in [7, 11) is 1.40. The molecular formula is C14H19NO4. The van der Waals surface area contributed by atoms with Crippen LogP contribution in [0.1, 0.15) is 29.5 Å². The number of furan rings is 1. The van der Waals surface area contributed by atoms with E-state index in [1.807, 2.05) is 13.8 Å². The van der Waals surface area contributed by atoms with Gasteiger partial charge in [0.05, 0.1) is 19.3 Å². The second kappa shape index (κ2) is 5.47. The van der Waals surface area contributed by atoms with E-state index in [0.29, 0.717) is 25.3 Å². The molecule has 0 bridgehead atoms. The lowest BCUT2D eigenvalue weighted by molar-refractivity contribution is -0.148. The van der Waals surface area contributed by atoms with E-state index in [9.17, 15) is 9.59 Å². The van der Waals surface area contributed by atoms with Crippen LogP contribution in [0.2, 0.25) is 0 Å². The molecule has 104 valence electrons. The van der Waals surface area contributed by atoms with Gasteiger partial charge in [0, 0.05) is 18.7 Å². The van der Waals surface area contributed by atoms with Crippen LogP contribution in [0.25, 0.3) is 0 Å². The second-order valence-corrected chi connectivity index (χ2v) is 5.08. The van der Waals surface area contributed by atoms with Gasteiger partial charge < -0.3 is 14.1 Å². The number of hydrogen-bond acceptors (Lipinski definition) is 4. The number of rotatable bonds is 2. The summed E-state index contributed by atoms with van der Waals surface area (Å²) in [5.41, 5.74) is 0.841. The maximum absolute atomic E-state index is 12.3.